The summed E-state index contributed by atoms with van der Waals surface area (Å²) in [5.74, 6) is 2.26. The van der Waals surface area contributed by atoms with Crippen LogP contribution >= 0.6 is 0 Å². The molecule has 4 heteroatoms. The minimum atomic E-state index is -0.109. The molecule has 0 saturated heterocycles. The van der Waals surface area contributed by atoms with Crippen molar-refractivity contribution in [3.05, 3.63) is 94.2 Å². The number of hydrogen-bond acceptors (Lipinski definition) is 4. The van der Waals surface area contributed by atoms with E-state index in [2.05, 4.69) is 32.9 Å². The van der Waals surface area contributed by atoms with Gasteiger partial charge in [0.1, 0.15) is 23.9 Å². The molecule has 0 spiro atoms. The lowest BCUT2D eigenvalue weighted by molar-refractivity contribution is 0.101. The molecule has 0 radical (unpaired) electrons. The number of ether oxygens (including phenoxy) is 3. The first-order valence-corrected chi connectivity index (χ1v) is 10.7. The quantitative estimate of drug-likeness (QED) is 0.435. The Hall–Kier alpha value is -3.53. The van der Waals surface area contributed by atoms with Crippen molar-refractivity contribution in [1.29, 1.82) is 0 Å². The number of methoxy groups -OCH3 is 1. The van der Waals surface area contributed by atoms with E-state index in [-0.39, 0.29) is 11.2 Å². The van der Waals surface area contributed by atoms with E-state index in [4.69, 9.17) is 14.2 Å². The van der Waals surface area contributed by atoms with Gasteiger partial charge in [-0.25, -0.2) is 0 Å². The molecule has 4 nitrogen and oxygen atoms in total. The van der Waals surface area contributed by atoms with Crippen LogP contribution in [-0.4, -0.2) is 12.9 Å². The Bertz CT molecular complexity index is 1180. The first-order chi connectivity index (χ1) is 15.3. The van der Waals surface area contributed by atoms with E-state index in [0.29, 0.717) is 29.4 Å². The van der Waals surface area contributed by atoms with Crippen LogP contribution in [0.5, 0.6) is 17.2 Å². The zero-order valence-corrected chi connectivity index (χ0v) is 19.2. The van der Waals surface area contributed by atoms with Gasteiger partial charge < -0.3 is 14.2 Å². The fourth-order valence-corrected chi connectivity index (χ4v) is 3.68. The van der Waals surface area contributed by atoms with Crippen LogP contribution in [0.3, 0.4) is 0 Å². The van der Waals surface area contributed by atoms with Crippen LogP contribution in [0.15, 0.2) is 66.4 Å². The van der Waals surface area contributed by atoms with E-state index in [1.54, 1.807) is 19.3 Å². The van der Waals surface area contributed by atoms with Crippen LogP contribution in [0.1, 0.15) is 53.4 Å². The normalized spacial score (nSPS) is 14.3. The summed E-state index contributed by atoms with van der Waals surface area (Å²) in [7, 11) is 1.64. The number of ketones is 1. The minimum absolute atomic E-state index is 0.0833. The van der Waals surface area contributed by atoms with Gasteiger partial charge in [0, 0.05) is 5.56 Å². The molecule has 0 aromatic heterocycles. The molecule has 1 heterocycles. The Labute approximate surface area is 189 Å². The smallest absolute Gasteiger partial charge is 0.231 e. The lowest BCUT2D eigenvalue weighted by atomic mass is 9.86. The summed E-state index contributed by atoms with van der Waals surface area (Å²) < 4.78 is 17.3. The first kappa shape index (κ1) is 21.7. The highest BCUT2D eigenvalue weighted by Gasteiger charge is 2.30. The van der Waals surface area contributed by atoms with Crippen molar-refractivity contribution >= 4 is 11.9 Å². The maximum atomic E-state index is 12.9. The number of benzene rings is 3. The molecule has 0 N–H and O–H groups in total. The van der Waals surface area contributed by atoms with Crippen LogP contribution in [0, 0.1) is 6.92 Å². The molecule has 0 fully saturated rings. The van der Waals surface area contributed by atoms with Gasteiger partial charge in [-0.3, -0.25) is 4.79 Å². The molecule has 0 atom stereocenters. The maximum Gasteiger partial charge on any atom is 0.231 e. The van der Waals surface area contributed by atoms with Crippen molar-refractivity contribution < 1.29 is 19.0 Å². The summed E-state index contributed by atoms with van der Waals surface area (Å²) in [4.78, 5) is 12.9. The van der Waals surface area contributed by atoms with Gasteiger partial charge in [0.25, 0.3) is 0 Å². The third-order valence-electron chi connectivity index (χ3n) is 5.64. The molecule has 0 unspecified atom stereocenters. The summed E-state index contributed by atoms with van der Waals surface area (Å²) >= 11 is 0. The maximum absolute atomic E-state index is 12.9. The third kappa shape index (κ3) is 4.40. The summed E-state index contributed by atoms with van der Waals surface area (Å²) in [6, 6.07) is 19.6. The summed E-state index contributed by atoms with van der Waals surface area (Å²) in [6.07, 6.45) is 1.80. The van der Waals surface area contributed by atoms with Crippen molar-refractivity contribution in [2.45, 2.75) is 39.7 Å². The number of hydrogen-bond donors (Lipinski definition) is 0. The average molecular weight is 429 g/mol. The number of fused-ring (bicyclic) bond motifs is 1. The fourth-order valence-electron chi connectivity index (χ4n) is 3.68. The van der Waals surface area contributed by atoms with Crippen LogP contribution in [0.4, 0.5) is 0 Å². The predicted molar refractivity (Wildman–Crippen MR) is 127 cm³/mol. The Morgan fingerprint density at radius 2 is 1.75 bits per heavy atom. The Balaban J connectivity index is 1.53. The standard InChI is InChI=1S/C28H28O4/c1-18-24(31-17-20-7-6-8-22(15-20)30-5)14-13-23-26(29)25(32-27(18)23)16-19-9-11-21(12-10-19)28(2,3)4/h6-16H,17H2,1-5H3/b25-16-. The second-order valence-electron chi connectivity index (χ2n) is 9.02. The van der Waals surface area contributed by atoms with E-state index in [9.17, 15) is 4.79 Å². The van der Waals surface area contributed by atoms with Crippen molar-refractivity contribution in [2.75, 3.05) is 7.11 Å². The molecule has 3 aromatic carbocycles. The van der Waals surface area contributed by atoms with Gasteiger partial charge >= 0.3 is 0 Å². The highest BCUT2D eigenvalue weighted by molar-refractivity contribution is 6.14. The minimum Gasteiger partial charge on any atom is -0.497 e. The van der Waals surface area contributed by atoms with E-state index in [0.717, 1.165) is 22.4 Å². The molecule has 32 heavy (non-hydrogen) atoms. The second-order valence-corrected chi connectivity index (χ2v) is 9.02. The van der Waals surface area contributed by atoms with Crippen molar-refractivity contribution in [1.82, 2.24) is 0 Å². The lowest BCUT2D eigenvalue weighted by Gasteiger charge is -2.18. The predicted octanol–water partition coefficient (Wildman–Crippen LogP) is 6.50. The molecule has 0 aliphatic carbocycles. The highest BCUT2D eigenvalue weighted by Crippen LogP contribution is 2.39. The fraction of sp³-hybridized carbons (Fsp3) is 0.250. The number of carbonyl (C=O) groups is 1. The molecule has 1 aliphatic rings. The van der Waals surface area contributed by atoms with Gasteiger partial charge in [-0.05, 0) is 59.4 Å². The topological polar surface area (TPSA) is 44.8 Å². The molecule has 0 bridgehead atoms. The summed E-state index contributed by atoms with van der Waals surface area (Å²) in [5.41, 5.74) is 4.64. The van der Waals surface area contributed by atoms with Gasteiger partial charge in [0.05, 0.1) is 12.7 Å². The molecular formula is C28H28O4. The zero-order chi connectivity index (χ0) is 22.9. The van der Waals surface area contributed by atoms with Crippen LogP contribution in [0.2, 0.25) is 0 Å². The van der Waals surface area contributed by atoms with E-state index < -0.39 is 0 Å². The average Bonchev–Trinajstić information content (AvgIpc) is 3.09. The monoisotopic (exact) mass is 428 g/mol. The number of carbonyl (C=O) groups excluding carboxylic acids is 1. The molecular weight excluding hydrogens is 400 g/mol. The number of rotatable bonds is 5. The van der Waals surface area contributed by atoms with Gasteiger partial charge in [-0.1, -0.05) is 57.2 Å². The number of allylic oxidation sites excluding steroid dienone is 1. The van der Waals surface area contributed by atoms with E-state index in [1.807, 2.05) is 49.4 Å². The molecule has 0 saturated carbocycles. The van der Waals surface area contributed by atoms with E-state index in [1.165, 1.54) is 5.56 Å². The van der Waals surface area contributed by atoms with Gasteiger partial charge in [0.15, 0.2) is 5.76 Å². The summed E-state index contributed by atoms with van der Waals surface area (Å²) in [6.45, 7) is 8.84. The van der Waals surface area contributed by atoms with Crippen LogP contribution < -0.4 is 14.2 Å². The molecule has 164 valence electrons. The van der Waals surface area contributed by atoms with Crippen molar-refractivity contribution in [3.8, 4) is 17.2 Å². The van der Waals surface area contributed by atoms with Crippen LogP contribution in [-0.2, 0) is 12.0 Å². The van der Waals surface area contributed by atoms with E-state index >= 15 is 0 Å². The largest absolute Gasteiger partial charge is 0.497 e. The Kier molecular flexibility index (Phi) is 5.79. The first-order valence-electron chi connectivity index (χ1n) is 10.7. The summed E-state index contributed by atoms with van der Waals surface area (Å²) in [5, 5.41) is 0. The van der Waals surface area contributed by atoms with Crippen LogP contribution in [0.25, 0.3) is 6.08 Å². The van der Waals surface area contributed by atoms with Gasteiger partial charge in [0.2, 0.25) is 5.78 Å². The third-order valence-corrected chi connectivity index (χ3v) is 5.64. The van der Waals surface area contributed by atoms with Gasteiger partial charge in [-0.15, -0.1) is 0 Å². The molecule has 1 aliphatic heterocycles. The van der Waals surface area contributed by atoms with Crippen molar-refractivity contribution in [3.63, 3.8) is 0 Å². The molecule has 0 amide bonds. The highest BCUT2D eigenvalue weighted by atomic mass is 16.5. The van der Waals surface area contributed by atoms with Crippen molar-refractivity contribution in [2.24, 2.45) is 0 Å². The van der Waals surface area contributed by atoms with Gasteiger partial charge in [-0.2, -0.15) is 0 Å². The Morgan fingerprint density at radius 3 is 2.44 bits per heavy atom. The second kappa shape index (κ2) is 8.54. The molecule has 4 rings (SSSR count). The molecule has 3 aromatic rings. The lowest BCUT2D eigenvalue weighted by Crippen LogP contribution is -2.10. The SMILES string of the molecule is COc1cccc(COc2ccc3c(c2C)O/C(=C\c2ccc(C(C)(C)C)cc2)C3=O)c1. The zero-order valence-electron chi connectivity index (χ0n) is 19.2. The number of Topliss-reactive ketones (excluding diaryl/α,β-unsaturated/α-hetero) is 1. The Morgan fingerprint density at radius 1 is 1.00 bits per heavy atom.